The quantitative estimate of drug-likeness (QED) is 0.809. The molecule has 4 nitrogen and oxygen atoms in total. The fraction of sp³-hybridized carbons (Fsp3) is 0.833. The molecule has 0 unspecified atom stereocenters. The molecule has 0 aliphatic carbocycles. The fourth-order valence-corrected chi connectivity index (χ4v) is 0.967. The van der Waals surface area contributed by atoms with E-state index in [9.17, 15) is 9.59 Å². The van der Waals surface area contributed by atoms with Crippen LogP contribution in [0.3, 0.4) is 0 Å². The van der Waals surface area contributed by atoms with Gasteiger partial charge >= 0.3 is 6.09 Å². The number of ketones is 1. The summed E-state index contributed by atoms with van der Waals surface area (Å²) in [6.45, 7) is 11.3. The molecule has 0 heterocycles. The number of hydrogen-bond acceptors (Lipinski definition) is 3. The number of nitrogens with one attached hydrogen (secondary N) is 1. The Labute approximate surface area is 97.7 Å². The van der Waals surface area contributed by atoms with E-state index in [1.165, 1.54) is 0 Å². The Hall–Kier alpha value is -1.06. The molecular formula is C12H23NO3. The fourth-order valence-electron chi connectivity index (χ4n) is 0.967. The third-order valence-electron chi connectivity index (χ3n) is 1.86. The van der Waals surface area contributed by atoms with Gasteiger partial charge in [-0.2, -0.15) is 0 Å². The second-order valence-electron chi connectivity index (χ2n) is 5.85. The van der Waals surface area contributed by atoms with Crippen molar-refractivity contribution < 1.29 is 14.3 Å². The molecule has 1 N–H and O–H groups in total. The normalized spacial score (nSPS) is 12.1. The molecule has 0 rings (SSSR count). The molecule has 0 bridgehead atoms. The number of ether oxygens (including phenoxy) is 1. The van der Waals surface area contributed by atoms with E-state index in [-0.39, 0.29) is 11.2 Å². The molecule has 1 amide bonds. The molecule has 4 heteroatoms. The number of alkyl carbamates (subject to hydrolysis) is 1. The maximum atomic E-state index is 11.5. The summed E-state index contributed by atoms with van der Waals surface area (Å²) in [7, 11) is 0. The second kappa shape index (κ2) is 5.32. The van der Waals surface area contributed by atoms with Gasteiger partial charge in [-0.25, -0.2) is 4.79 Å². The largest absolute Gasteiger partial charge is 0.444 e. The lowest BCUT2D eigenvalue weighted by Gasteiger charge is -2.20. The summed E-state index contributed by atoms with van der Waals surface area (Å²) in [5.74, 6) is 0.128. The lowest BCUT2D eigenvalue weighted by Crippen LogP contribution is -2.34. The highest BCUT2D eigenvalue weighted by atomic mass is 16.6. The van der Waals surface area contributed by atoms with Crippen molar-refractivity contribution in [1.82, 2.24) is 5.32 Å². The van der Waals surface area contributed by atoms with Gasteiger partial charge in [-0.15, -0.1) is 0 Å². The average Bonchev–Trinajstić information content (AvgIpc) is 1.98. The van der Waals surface area contributed by atoms with Crippen LogP contribution >= 0.6 is 0 Å². The van der Waals surface area contributed by atoms with Crippen LogP contribution in [-0.4, -0.2) is 24.0 Å². The Morgan fingerprint density at radius 2 is 1.56 bits per heavy atom. The van der Waals surface area contributed by atoms with Gasteiger partial charge in [-0.1, -0.05) is 20.8 Å². The van der Waals surface area contributed by atoms with Crippen molar-refractivity contribution in [3.63, 3.8) is 0 Å². The van der Waals surface area contributed by atoms with Crippen LogP contribution in [0.25, 0.3) is 0 Å². The number of Topliss-reactive ketones (excluding diaryl/α,β-unsaturated/α-hetero) is 1. The lowest BCUT2D eigenvalue weighted by molar-refractivity contribution is -0.126. The second-order valence-corrected chi connectivity index (χ2v) is 5.85. The van der Waals surface area contributed by atoms with E-state index < -0.39 is 11.7 Å². The molecule has 0 fully saturated rings. The van der Waals surface area contributed by atoms with Gasteiger partial charge in [0.25, 0.3) is 0 Å². The standard InChI is InChI=1S/C12H23NO3/c1-11(2,3)9(14)7-8-13-10(15)16-12(4,5)6/h7-8H2,1-6H3,(H,13,15). The van der Waals surface area contributed by atoms with Gasteiger partial charge in [0, 0.05) is 18.4 Å². The highest BCUT2D eigenvalue weighted by Crippen LogP contribution is 2.16. The van der Waals surface area contributed by atoms with E-state index in [1.54, 1.807) is 20.8 Å². The molecule has 0 atom stereocenters. The third kappa shape index (κ3) is 7.26. The van der Waals surface area contributed by atoms with Crippen LogP contribution in [0.15, 0.2) is 0 Å². The van der Waals surface area contributed by atoms with Crippen LogP contribution in [-0.2, 0) is 9.53 Å². The first-order chi connectivity index (χ1) is 7.02. The maximum Gasteiger partial charge on any atom is 0.407 e. The van der Waals surface area contributed by atoms with Crippen LogP contribution in [0, 0.1) is 5.41 Å². The SMILES string of the molecule is CC(C)(C)OC(=O)NCCC(=O)C(C)(C)C. The van der Waals surface area contributed by atoms with Crippen LogP contribution < -0.4 is 5.32 Å². The molecule has 0 aliphatic rings. The molecule has 0 aromatic carbocycles. The highest BCUT2D eigenvalue weighted by Gasteiger charge is 2.21. The Morgan fingerprint density at radius 1 is 1.06 bits per heavy atom. The Morgan fingerprint density at radius 3 is 1.94 bits per heavy atom. The van der Waals surface area contributed by atoms with Crippen molar-refractivity contribution in [2.24, 2.45) is 5.41 Å². The van der Waals surface area contributed by atoms with E-state index >= 15 is 0 Å². The number of amides is 1. The molecule has 94 valence electrons. The van der Waals surface area contributed by atoms with Gasteiger partial charge in [0.15, 0.2) is 0 Å². The Kier molecular flexibility index (Phi) is 4.97. The van der Waals surface area contributed by atoms with Crippen molar-refractivity contribution in [3.8, 4) is 0 Å². The first-order valence-corrected chi connectivity index (χ1v) is 5.52. The zero-order valence-electron chi connectivity index (χ0n) is 11.1. The molecule has 0 saturated heterocycles. The number of hydrogen-bond donors (Lipinski definition) is 1. The summed E-state index contributed by atoms with van der Waals surface area (Å²) in [5.41, 5.74) is -0.853. The Bertz CT molecular complexity index is 258. The lowest BCUT2D eigenvalue weighted by atomic mass is 9.89. The van der Waals surface area contributed by atoms with E-state index in [2.05, 4.69) is 5.32 Å². The molecule has 16 heavy (non-hydrogen) atoms. The minimum atomic E-state index is -0.502. The van der Waals surface area contributed by atoms with Gasteiger partial charge < -0.3 is 10.1 Å². The van der Waals surface area contributed by atoms with Crippen LogP contribution in [0.2, 0.25) is 0 Å². The summed E-state index contributed by atoms with van der Waals surface area (Å²) in [6, 6.07) is 0. The Balaban J connectivity index is 3.84. The average molecular weight is 229 g/mol. The molecule has 0 saturated carbocycles. The smallest absolute Gasteiger partial charge is 0.407 e. The van der Waals surface area contributed by atoms with E-state index in [1.807, 2.05) is 20.8 Å². The molecular weight excluding hydrogens is 206 g/mol. The monoisotopic (exact) mass is 229 g/mol. The predicted molar refractivity (Wildman–Crippen MR) is 63.3 cm³/mol. The van der Waals surface area contributed by atoms with Gasteiger partial charge in [-0.3, -0.25) is 4.79 Å². The van der Waals surface area contributed by atoms with Crippen molar-refractivity contribution in [3.05, 3.63) is 0 Å². The highest BCUT2D eigenvalue weighted by molar-refractivity contribution is 5.84. The summed E-state index contributed by atoms with van der Waals surface area (Å²) in [6.07, 6.45) is -0.142. The summed E-state index contributed by atoms with van der Waals surface area (Å²) >= 11 is 0. The minimum Gasteiger partial charge on any atom is -0.444 e. The third-order valence-corrected chi connectivity index (χ3v) is 1.86. The van der Waals surface area contributed by atoms with E-state index in [4.69, 9.17) is 4.74 Å². The molecule has 0 radical (unpaired) electrons. The maximum absolute atomic E-state index is 11.5. The number of carbonyl (C=O) groups is 2. The van der Waals surface area contributed by atoms with Crippen molar-refractivity contribution in [2.75, 3.05) is 6.54 Å². The van der Waals surface area contributed by atoms with Crippen LogP contribution in [0.4, 0.5) is 4.79 Å². The number of rotatable bonds is 3. The van der Waals surface area contributed by atoms with Crippen molar-refractivity contribution in [2.45, 2.75) is 53.6 Å². The van der Waals surface area contributed by atoms with Gasteiger partial charge in [0.1, 0.15) is 11.4 Å². The van der Waals surface area contributed by atoms with Crippen LogP contribution in [0.5, 0.6) is 0 Å². The topological polar surface area (TPSA) is 55.4 Å². The predicted octanol–water partition coefficient (Wildman–Crippen LogP) is 2.52. The van der Waals surface area contributed by atoms with Gasteiger partial charge in [0.2, 0.25) is 0 Å². The summed E-state index contributed by atoms with van der Waals surface area (Å²) in [5, 5.41) is 2.56. The van der Waals surface area contributed by atoms with Crippen molar-refractivity contribution >= 4 is 11.9 Å². The van der Waals surface area contributed by atoms with Gasteiger partial charge in [-0.05, 0) is 20.8 Å². The van der Waals surface area contributed by atoms with Gasteiger partial charge in [0.05, 0.1) is 0 Å². The van der Waals surface area contributed by atoms with Crippen molar-refractivity contribution in [1.29, 1.82) is 0 Å². The van der Waals surface area contributed by atoms with E-state index in [0.29, 0.717) is 13.0 Å². The zero-order valence-corrected chi connectivity index (χ0v) is 11.1. The summed E-state index contributed by atoms with van der Waals surface area (Å²) < 4.78 is 5.04. The zero-order chi connectivity index (χ0) is 13.0. The van der Waals surface area contributed by atoms with E-state index in [0.717, 1.165) is 0 Å². The van der Waals surface area contributed by atoms with Crippen LogP contribution in [0.1, 0.15) is 48.0 Å². The molecule has 0 aromatic heterocycles. The molecule has 0 spiro atoms. The minimum absolute atomic E-state index is 0.128. The first-order valence-electron chi connectivity index (χ1n) is 5.52. The first kappa shape index (κ1) is 14.9. The molecule has 0 aromatic rings. The molecule has 0 aliphatic heterocycles. The number of carbonyl (C=O) groups excluding carboxylic acids is 2. The summed E-state index contributed by atoms with van der Waals surface area (Å²) in [4.78, 5) is 22.8.